The molecule has 0 saturated heterocycles. The summed E-state index contributed by atoms with van der Waals surface area (Å²) in [4.78, 5) is 3.38. The molecule has 0 atom stereocenters. The van der Waals surface area contributed by atoms with Crippen LogP contribution in [-0.2, 0) is 0 Å². The summed E-state index contributed by atoms with van der Waals surface area (Å²) < 4.78 is 0. The number of H-pyrrole nitrogens is 2. The van der Waals surface area contributed by atoms with Gasteiger partial charge in [-0.3, -0.25) is 5.10 Å². The van der Waals surface area contributed by atoms with Crippen molar-refractivity contribution in [2.24, 2.45) is 0 Å². The second-order valence-electron chi connectivity index (χ2n) is 4.09. The van der Waals surface area contributed by atoms with Crippen LogP contribution in [0.3, 0.4) is 0 Å². The van der Waals surface area contributed by atoms with Gasteiger partial charge in [0.25, 0.3) is 0 Å². The van der Waals surface area contributed by atoms with Crippen molar-refractivity contribution in [2.75, 3.05) is 12.4 Å². The van der Waals surface area contributed by atoms with Crippen molar-refractivity contribution in [2.45, 2.75) is 6.92 Å². The summed E-state index contributed by atoms with van der Waals surface area (Å²) in [6, 6.07) is 10.3. The van der Waals surface area contributed by atoms with Crippen LogP contribution in [0.4, 0.5) is 5.82 Å². The van der Waals surface area contributed by atoms with Crippen molar-refractivity contribution in [3.05, 3.63) is 36.0 Å². The van der Waals surface area contributed by atoms with Crippen molar-refractivity contribution in [3.8, 4) is 11.3 Å². The van der Waals surface area contributed by atoms with Gasteiger partial charge in [0.05, 0.1) is 5.69 Å². The molecular formula is C13H14N4. The number of hydrogen-bond acceptors (Lipinski definition) is 2. The molecule has 17 heavy (non-hydrogen) atoms. The van der Waals surface area contributed by atoms with E-state index in [1.54, 1.807) is 0 Å². The largest absolute Gasteiger partial charge is 0.372 e. The van der Waals surface area contributed by atoms with E-state index in [0.29, 0.717) is 0 Å². The van der Waals surface area contributed by atoms with Crippen LogP contribution < -0.4 is 5.32 Å². The monoisotopic (exact) mass is 226 g/mol. The van der Waals surface area contributed by atoms with Gasteiger partial charge in [0.2, 0.25) is 0 Å². The van der Waals surface area contributed by atoms with Crippen LogP contribution in [0.25, 0.3) is 22.2 Å². The molecule has 0 radical (unpaired) electrons. The molecule has 0 aliphatic rings. The minimum Gasteiger partial charge on any atom is -0.372 e. The molecule has 3 aromatic rings. The van der Waals surface area contributed by atoms with Gasteiger partial charge in [-0.15, -0.1) is 0 Å². The maximum absolute atomic E-state index is 4.19. The van der Waals surface area contributed by atoms with Gasteiger partial charge in [-0.2, -0.15) is 5.10 Å². The lowest BCUT2D eigenvalue weighted by Crippen LogP contribution is -1.85. The topological polar surface area (TPSA) is 56.5 Å². The Balaban J connectivity index is 2.25. The molecule has 4 heteroatoms. The molecule has 86 valence electrons. The maximum atomic E-state index is 4.19. The van der Waals surface area contributed by atoms with Crippen molar-refractivity contribution < 1.29 is 0 Å². The number of hydrogen-bond donors (Lipinski definition) is 3. The molecule has 1 aromatic carbocycles. The summed E-state index contributed by atoms with van der Waals surface area (Å²) >= 11 is 0. The lowest BCUT2D eigenvalue weighted by molar-refractivity contribution is 1.09. The third-order valence-corrected chi connectivity index (χ3v) is 3.00. The van der Waals surface area contributed by atoms with Gasteiger partial charge in [0.1, 0.15) is 5.82 Å². The van der Waals surface area contributed by atoms with E-state index >= 15 is 0 Å². The van der Waals surface area contributed by atoms with Gasteiger partial charge < -0.3 is 10.3 Å². The average molecular weight is 226 g/mol. The van der Waals surface area contributed by atoms with Crippen molar-refractivity contribution in [1.82, 2.24) is 15.2 Å². The van der Waals surface area contributed by atoms with Crippen molar-refractivity contribution in [3.63, 3.8) is 0 Å². The smallest absolute Gasteiger partial charge is 0.148 e. The van der Waals surface area contributed by atoms with Gasteiger partial charge in [-0.05, 0) is 13.0 Å². The van der Waals surface area contributed by atoms with Crippen LogP contribution in [0, 0.1) is 6.92 Å². The van der Waals surface area contributed by atoms with Crippen molar-refractivity contribution >= 4 is 16.7 Å². The summed E-state index contributed by atoms with van der Waals surface area (Å²) in [6.07, 6.45) is 0. The SMILES string of the molecule is CNc1cc(-c2c(C)[nH]c3ccccc23)[nH]n1. The highest BCUT2D eigenvalue weighted by atomic mass is 15.2. The van der Waals surface area contributed by atoms with E-state index < -0.39 is 0 Å². The second-order valence-corrected chi connectivity index (χ2v) is 4.09. The van der Waals surface area contributed by atoms with Crippen LogP contribution in [0.15, 0.2) is 30.3 Å². The van der Waals surface area contributed by atoms with E-state index in [4.69, 9.17) is 0 Å². The van der Waals surface area contributed by atoms with Crippen LogP contribution in [-0.4, -0.2) is 22.2 Å². The van der Waals surface area contributed by atoms with Crippen LogP contribution >= 0.6 is 0 Å². The van der Waals surface area contributed by atoms with Gasteiger partial charge in [-0.25, -0.2) is 0 Å². The normalized spacial score (nSPS) is 10.9. The number of aromatic nitrogens is 3. The Morgan fingerprint density at radius 2 is 2.06 bits per heavy atom. The van der Waals surface area contributed by atoms with E-state index in [1.807, 2.05) is 19.2 Å². The average Bonchev–Trinajstić information content (AvgIpc) is 2.91. The summed E-state index contributed by atoms with van der Waals surface area (Å²) in [5.74, 6) is 0.852. The molecule has 0 bridgehead atoms. The van der Waals surface area contributed by atoms with Gasteiger partial charge in [0.15, 0.2) is 0 Å². The number of aryl methyl sites for hydroxylation is 1. The second kappa shape index (κ2) is 3.66. The molecule has 3 rings (SSSR count). The van der Waals surface area contributed by atoms with Gasteiger partial charge >= 0.3 is 0 Å². The zero-order chi connectivity index (χ0) is 11.8. The van der Waals surface area contributed by atoms with E-state index in [2.05, 4.69) is 45.6 Å². The minimum absolute atomic E-state index is 0.852. The third kappa shape index (κ3) is 1.49. The highest BCUT2D eigenvalue weighted by molar-refractivity contribution is 5.96. The standard InChI is InChI=1S/C13H14N4/c1-8-13(11-7-12(14-2)17-16-11)9-5-3-4-6-10(9)15-8/h3-7,15H,1-2H3,(H2,14,16,17). The highest BCUT2D eigenvalue weighted by Gasteiger charge is 2.12. The van der Waals surface area contributed by atoms with Crippen LogP contribution in [0.1, 0.15) is 5.69 Å². The molecule has 0 unspecified atom stereocenters. The van der Waals surface area contributed by atoms with E-state index in [0.717, 1.165) is 22.7 Å². The Hall–Kier alpha value is -2.23. The Kier molecular flexibility index (Phi) is 2.14. The van der Waals surface area contributed by atoms with Gasteiger partial charge in [0, 0.05) is 35.3 Å². The zero-order valence-corrected chi connectivity index (χ0v) is 9.83. The number of aromatic amines is 2. The fraction of sp³-hybridized carbons (Fsp3) is 0.154. The molecule has 0 aliphatic carbocycles. The maximum Gasteiger partial charge on any atom is 0.148 e. The van der Waals surface area contributed by atoms with E-state index in [9.17, 15) is 0 Å². The number of nitrogens with one attached hydrogen (secondary N) is 3. The molecule has 0 amide bonds. The van der Waals surface area contributed by atoms with E-state index in [1.165, 1.54) is 10.9 Å². The molecule has 2 heterocycles. The molecule has 0 saturated carbocycles. The predicted octanol–water partition coefficient (Wildman–Crippen LogP) is 2.91. The first-order valence-electron chi connectivity index (χ1n) is 5.60. The van der Waals surface area contributed by atoms with Gasteiger partial charge in [-0.1, -0.05) is 18.2 Å². The molecule has 3 N–H and O–H groups in total. The number of rotatable bonds is 2. The summed E-state index contributed by atoms with van der Waals surface area (Å²) in [6.45, 7) is 2.08. The Bertz CT molecular complexity index is 663. The molecular weight excluding hydrogens is 212 g/mol. The Morgan fingerprint density at radius 1 is 1.24 bits per heavy atom. The quantitative estimate of drug-likeness (QED) is 0.629. The molecule has 0 fully saturated rings. The molecule has 2 aromatic heterocycles. The number of para-hydroxylation sites is 1. The number of benzene rings is 1. The zero-order valence-electron chi connectivity index (χ0n) is 9.83. The summed E-state index contributed by atoms with van der Waals surface area (Å²) in [5.41, 5.74) is 4.53. The number of nitrogens with zero attached hydrogens (tertiary/aromatic N) is 1. The molecule has 0 aliphatic heterocycles. The lowest BCUT2D eigenvalue weighted by Gasteiger charge is -1.96. The first-order valence-corrected chi connectivity index (χ1v) is 5.60. The first kappa shape index (κ1) is 9.96. The number of anilines is 1. The summed E-state index contributed by atoms with van der Waals surface area (Å²) in [7, 11) is 1.86. The predicted molar refractivity (Wildman–Crippen MR) is 70.2 cm³/mol. The Morgan fingerprint density at radius 3 is 2.82 bits per heavy atom. The highest BCUT2D eigenvalue weighted by Crippen LogP contribution is 2.31. The lowest BCUT2D eigenvalue weighted by atomic mass is 10.1. The fourth-order valence-corrected chi connectivity index (χ4v) is 2.20. The summed E-state index contributed by atoms with van der Waals surface area (Å²) in [5, 5.41) is 11.5. The number of fused-ring (bicyclic) bond motifs is 1. The third-order valence-electron chi connectivity index (χ3n) is 3.00. The Labute approximate surface area is 99.1 Å². The fourth-order valence-electron chi connectivity index (χ4n) is 2.20. The first-order chi connectivity index (χ1) is 8.29. The minimum atomic E-state index is 0.852. The molecule has 0 spiro atoms. The van der Waals surface area contributed by atoms with Crippen LogP contribution in [0.5, 0.6) is 0 Å². The van der Waals surface area contributed by atoms with Crippen LogP contribution in [0.2, 0.25) is 0 Å². The van der Waals surface area contributed by atoms with Crippen molar-refractivity contribution in [1.29, 1.82) is 0 Å². The van der Waals surface area contributed by atoms with E-state index in [-0.39, 0.29) is 0 Å². The molecule has 4 nitrogen and oxygen atoms in total.